The van der Waals surface area contributed by atoms with Gasteiger partial charge in [0.05, 0.1) is 29.5 Å². The SMILES string of the molecule is CC[NH+](CC)CC.O=[N+]([O-])c1ccc(C=Nc2c(O)cc(S(=O)(=O)[O-])c3ccccc23)cc1. The molecule has 10 heteroatoms. The molecular formula is C23H27N3O6S. The molecule has 0 aliphatic rings. The van der Waals surface area contributed by atoms with E-state index in [0.717, 1.165) is 6.07 Å². The van der Waals surface area contributed by atoms with Crippen LogP contribution in [0.3, 0.4) is 0 Å². The van der Waals surface area contributed by atoms with Crippen LogP contribution in [-0.2, 0) is 10.1 Å². The number of aliphatic imine (C=N–C) groups is 1. The summed E-state index contributed by atoms with van der Waals surface area (Å²) >= 11 is 0. The van der Waals surface area contributed by atoms with Crippen molar-refractivity contribution in [2.75, 3.05) is 19.6 Å². The number of nitrogens with one attached hydrogen (secondary N) is 1. The lowest BCUT2D eigenvalue weighted by molar-refractivity contribution is -0.894. The van der Waals surface area contributed by atoms with E-state index in [-0.39, 0.29) is 16.8 Å². The van der Waals surface area contributed by atoms with Crippen molar-refractivity contribution >= 4 is 38.5 Å². The number of nitro groups is 1. The minimum atomic E-state index is -4.77. The van der Waals surface area contributed by atoms with Crippen molar-refractivity contribution in [3.8, 4) is 5.75 Å². The number of rotatable bonds is 7. The summed E-state index contributed by atoms with van der Waals surface area (Å²) in [6.45, 7) is 10.5. The third kappa shape index (κ3) is 6.82. The second kappa shape index (κ2) is 11.5. The molecule has 0 spiro atoms. The summed E-state index contributed by atoms with van der Waals surface area (Å²) in [7, 11) is -4.77. The van der Waals surface area contributed by atoms with E-state index < -0.39 is 25.7 Å². The average Bonchev–Trinajstić information content (AvgIpc) is 2.79. The molecule has 0 atom stereocenters. The third-order valence-corrected chi connectivity index (χ3v) is 6.05. The quantitative estimate of drug-likeness (QED) is 0.234. The summed E-state index contributed by atoms with van der Waals surface area (Å²) in [5, 5.41) is 21.2. The number of quaternary nitrogens is 1. The van der Waals surface area contributed by atoms with Crippen LogP contribution in [-0.4, -0.2) is 48.8 Å². The van der Waals surface area contributed by atoms with Crippen LogP contribution in [0.1, 0.15) is 26.3 Å². The van der Waals surface area contributed by atoms with Crippen LogP contribution in [0.2, 0.25) is 0 Å². The van der Waals surface area contributed by atoms with Crippen molar-refractivity contribution in [3.05, 3.63) is 70.3 Å². The molecular weight excluding hydrogens is 446 g/mol. The Labute approximate surface area is 192 Å². The van der Waals surface area contributed by atoms with Gasteiger partial charge in [-0.2, -0.15) is 0 Å². The van der Waals surface area contributed by atoms with Crippen LogP contribution in [0.25, 0.3) is 10.8 Å². The van der Waals surface area contributed by atoms with Gasteiger partial charge >= 0.3 is 0 Å². The topological polar surface area (TPSA) is 137 Å². The van der Waals surface area contributed by atoms with Crippen molar-refractivity contribution in [1.29, 1.82) is 0 Å². The van der Waals surface area contributed by atoms with Crippen molar-refractivity contribution in [1.82, 2.24) is 0 Å². The summed E-state index contributed by atoms with van der Waals surface area (Å²) in [6.07, 6.45) is 1.37. The fourth-order valence-corrected chi connectivity index (χ4v) is 3.93. The molecule has 3 aromatic rings. The first-order chi connectivity index (χ1) is 15.6. The molecule has 9 nitrogen and oxygen atoms in total. The van der Waals surface area contributed by atoms with E-state index in [0.29, 0.717) is 10.9 Å². The Bertz CT molecular complexity index is 1230. The number of phenolic OH excluding ortho intramolecular Hbond substituents is 1. The lowest BCUT2D eigenvalue weighted by Crippen LogP contribution is -3.11. The maximum absolute atomic E-state index is 11.4. The Hall–Kier alpha value is -3.34. The van der Waals surface area contributed by atoms with E-state index in [1.807, 2.05) is 0 Å². The molecule has 0 radical (unpaired) electrons. The lowest BCUT2D eigenvalue weighted by atomic mass is 10.1. The van der Waals surface area contributed by atoms with Gasteiger partial charge in [0.1, 0.15) is 21.6 Å². The van der Waals surface area contributed by atoms with Gasteiger partial charge in [-0.1, -0.05) is 24.3 Å². The van der Waals surface area contributed by atoms with E-state index in [1.165, 1.54) is 62.2 Å². The van der Waals surface area contributed by atoms with E-state index >= 15 is 0 Å². The molecule has 3 rings (SSSR count). The summed E-state index contributed by atoms with van der Waals surface area (Å²) in [4.78, 5) is 15.4. The molecule has 0 bridgehead atoms. The smallest absolute Gasteiger partial charge is 0.269 e. The summed E-state index contributed by atoms with van der Waals surface area (Å²) < 4.78 is 34.2. The van der Waals surface area contributed by atoms with Crippen LogP contribution in [0, 0.1) is 10.1 Å². The van der Waals surface area contributed by atoms with Gasteiger partial charge in [0.25, 0.3) is 5.69 Å². The third-order valence-electron chi connectivity index (χ3n) is 5.17. The first kappa shape index (κ1) is 25.9. The number of hydrogen-bond acceptors (Lipinski definition) is 7. The average molecular weight is 474 g/mol. The van der Waals surface area contributed by atoms with Gasteiger partial charge in [-0.15, -0.1) is 0 Å². The zero-order valence-electron chi connectivity index (χ0n) is 18.7. The first-order valence-corrected chi connectivity index (χ1v) is 11.9. The number of nitrogens with zero attached hydrogens (tertiary/aromatic N) is 2. The molecule has 0 saturated heterocycles. The van der Waals surface area contributed by atoms with Crippen LogP contribution in [0.4, 0.5) is 11.4 Å². The Morgan fingerprint density at radius 2 is 1.55 bits per heavy atom. The molecule has 2 N–H and O–H groups in total. The predicted octanol–water partition coefficient (Wildman–Crippen LogP) is 3.04. The Kier molecular flexibility index (Phi) is 9.03. The zero-order valence-corrected chi connectivity index (χ0v) is 19.5. The Morgan fingerprint density at radius 3 is 2.00 bits per heavy atom. The van der Waals surface area contributed by atoms with Crippen LogP contribution in [0.5, 0.6) is 5.75 Å². The van der Waals surface area contributed by atoms with Crippen molar-refractivity contribution in [2.45, 2.75) is 25.7 Å². The number of non-ortho nitro benzene ring substituents is 1. The molecule has 0 saturated carbocycles. The number of hydrogen-bond donors (Lipinski definition) is 2. The standard InChI is InChI=1S/C17H12N2O6S.C6H15N/c20-15-9-16(26(23,24)25)13-3-1-2-4-14(13)17(15)18-10-11-5-7-12(8-6-11)19(21)22;1-4-7(5-2)6-3/h1-10,20H,(H,23,24,25);4-6H2,1-3H3. The monoisotopic (exact) mass is 473 g/mol. The van der Waals surface area contributed by atoms with Gasteiger partial charge in [-0.05, 0) is 38.5 Å². The fourth-order valence-electron chi connectivity index (χ4n) is 3.23. The van der Waals surface area contributed by atoms with Crippen molar-refractivity contribution < 1.29 is 27.9 Å². The number of nitro benzene ring substituents is 1. The van der Waals surface area contributed by atoms with E-state index in [9.17, 15) is 28.2 Å². The summed E-state index contributed by atoms with van der Waals surface area (Å²) in [5.41, 5.74) is 0.561. The van der Waals surface area contributed by atoms with Gasteiger partial charge in [0.2, 0.25) is 0 Å². The number of benzene rings is 3. The molecule has 0 heterocycles. The molecule has 0 amide bonds. The zero-order chi connectivity index (χ0) is 24.6. The highest BCUT2D eigenvalue weighted by molar-refractivity contribution is 7.86. The van der Waals surface area contributed by atoms with Gasteiger partial charge in [0, 0.05) is 35.2 Å². The second-order valence-corrected chi connectivity index (χ2v) is 8.51. The minimum absolute atomic E-state index is 0.0690. The normalized spacial score (nSPS) is 11.5. The van der Waals surface area contributed by atoms with Gasteiger partial charge < -0.3 is 14.6 Å². The molecule has 0 aromatic heterocycles. The highest BCUT2D eigenvalue weighted by Crippen LogP contribution is 2.39. The van der Waals surface area contributed by atoms with Crippen molar-refractivity contribution in [3.63, 3.8) is 0 Å². The second-order valence-electron chi connectivity index (χ2n) is 7.16. The van der Waals surface area contributed by atoms with Crippen LogP contribution >= 0.6 is 0 Å². The van der Waals surface area contributed by atoms with Crippen LogP contribution in [0.15, 0.2) is 64.5 Å². The molecule has 3 aromatic carbocycles. The molecule has 33 heavy (non-hydrogen) atoms. The largest absolute Gasteiger partial charge is 0.744 e. The van der Waals surface area contributed by atoms with Crippen molar-refractivity contribution in [2.24, 2.45) is 4.99 Å². The highest BCUT2D eigenvalue weighted by atomic mass is 32.2. The fraction of sp³-hybridized carbons (Fsp3) is 0.261. The molecule has 0 aliphatic carbocycles. The van der Waals surface area contributed by atoms with Crippen LogP contribution < -0.4 is 4.90 Å². The first-order valence-electron chi connectivity index (χ1n) is 10.4. The molecule has 0 aliphatic heterocycles. The van der Waals surface area contributed by atoms with Gasteiger partial charge in [0.15, 0.2) is 0 Å². The summed E-state index contributed by atoms with van der Waals surface area (Å²) in [6, 6.07) is 12.6. The minimum Gasteiger partial charge on any atom is -0.744 e. The van der Waals surface area contributed by atoms with Gasteiger partial charge in [-0.25, -0.2) is 8.42 Å². The highest BCUT2D eigenvalue weighted by Gasteiger charge is 2.14. The maximum Gasteiger partial charge on any atom is 0.269 e. The summed E-state index contributed by atoms with van der Waals surface area (Å²) in [5.74, 6) is -0.462. The molecule has 0 unspecified atom stereocenters. The number of aromatic hydroxyl groups is 1. The molecule has 176 valence electrons. The van der Waals surface area contributed by atoms with Gasteiger partial charge in [-0.3, -0.25) is 15.1 Å². The lowest BCUT2D eigenvalue weighted by Gasteiger charge is -2.13. The van der Waals surface area contributed by atoms with E-state index in [2.05, 4.69) is 25.8 Å². The molecule has 0 fully saturated rings. The Balaban J connectivity index is 0.000000479. The number of phenols is 1. The predicted molar refractivity (Wildman–Crippen MR) is 127 cm³/mol. The Morgan fingerprint density at radius 1 is 1.00 bits per heavy atom. The maximum atomic E-state index is 11.4. The number of fused-ring (bicyclic) bond motifs is 1. The van der Waals surface area contributed by atoms with E-state index in [4.69, 9.17) is 0 Å². The van der Waals surface area contributed by atoms with E-state index in [1.54, 1.807) is 17.0 Å².